The summed E-state index contributed by atoms with van der Waals surface area (Å²) in [7, 11) is 0. The van der Waals surface area contributed by atoms with Crippen LogP contribution in [0.25, 0.3) is 0 Å². The Morgan fingerprint density at radius 3 is 2.25 bits per heavy atom. The maximum absolute atomic E-state index is 5.66. The van der Waals surface area contributed by atoms with E-state index < -0.39 is 0 Å². The second-order valence-corrected chi connectivity index (χ2v) is 6.99. The Balaban J connectivity index is 2.45. The van der Waals surface area contributed by atoms with Gasteiger partial charge in [-0.2, -0.15) is 0 Å². The molecule has 0 amide bonds. The van der Waals surface area contributed by atoms with Crippen LogP contribution in [0, 0.1) is 5.41 Å². The molecule has 1 aliphatic heterocycles. The van der Waals surface area contributed by atoms with Crippen LogP contribution < -0.4 is 5.32 Å². The normalized spacial score (nSPS) is 20.6. The van der Waals surface area contributed by atoms with E-state index in [1.54, 1.807) is 0 Å². The molecule has 1 aromatic rings. The van der Waals surface area contributed by atoms with E-state index in [4.69, 9.17) is 4.74 Å². The van der Waals surface area contributed by atoms with Gasteiger partial charge in [0.05, 0.1) is 0 Å². The lowest BCUT2D eigenvalue weighted by Gasteiger charge is -2.50. The van der Waals surface area contributed by atoms with Crippen LogP contribution in [0.2, 0.25) is 0 Å². The first kappa shape index (κ1) is 15.5. The molecule has 1 fully saturated rings. The van der Waals surface area contributed by atoms with Gasteiger partial charge in [0.1, 0.15) is 0 Å². The predicted molar refractivity (Wildman–Crippen MR) is 85.1 cm³/mol. The summed E-state index contributed by atoms with van der Waals surface area (Å²) >= 11 is 0. The van der Waals surface area contributed by atoms with Gasteiger partial charge in [0.15, 0.2) is 0 Å². The molecular formula is C18H29NO. The van der Waals surface area contributed by atoms with Crippen LogP contribution in [0.3, 0.4) is 0 Å². The molecule has 1 atom stereocenters. The van der Waals surface area contributed by atoms with Crippen molar-refractivity contribution in [3.05, 3.63) is 35.9 Å². The fourth-order valence-corrected chi connectivity index (χ4v) is 3.78. The van der Waals surface area contributed by atoms with E-state index in [1.807, 2.05) is 0 Å². The third-order valence-corrected chi connectivity index (χ3v) is 4.56. The molecule has 2 nitrogen and oxygen atoms in total. The minimum absolute atomic E-state index is 0.188. The molecular weight excluding hydrogens is 246 g/mol. The van der Waals surface area contributed by atoms with Crippen molar-refractivity contribution in [3.63, 3.8) is 0 Å². The Kier molecular flexibility index (Phi) is 4.87. The summed E-state index contributed by atoms with van der Waals surface area (Å²) in [6, 6.07) is 11.5. The molecule has 0 saturated carbocycles. The highest BCUT2D eigenvalue weighted by molar-refractivity contribution is 5.29. The fraction of sp³-hybridized carbons (Fsp3) is 0.667. The van der Waals surface area contributed by atoms with E-state index in [9.17, 15) is 0 Å². The highest BCUT2D eigenvalue weighted by Crippen LogP contribution is 2.44. The Hall–Kier alpha value is -0.860. The van der Waals surface area contributed by atoms with E-state index in [0.717, 1.165) is 32.6 Å². The van der Waals surface area contributed by atoms with Gasteiger partial charge in [-0.25, -0.2) is 0 Å². The van der Waals surface area contributed by atoms with Crippen molar-refractivity contribution in [2.24, 2.45) is 5.41 Å². The molecule has 0 radical (unpaired) electrons. The Morgan fingerprint density at radius 2 is 1.75 bits per heavy atom. The van der Waals surface area contributed by atoms with E-state index >= 15 is 0 Å². The highest BCUT2D eigenvalue weighted by Gasteiger charge is 2.46. The van der Waals surface area contributed by atoms with Gasteiger partial charge in [0, 0.05) is 24.7 Å². The molecule has 1 heterocycles. The summed E-state index contributed by atoms with van der Waals surface area (Å²) < 4.78 is 5.66. The van der Waals surface area contributed by atoms with Gasteiger partial charge in [0.25, 0.3) is 0 Å². The molecule has 2 rings (SSSR count). The number of hydrogen-bond donors (Lipinski definition) is 1. The second-order valence-electron chi connectivity index (χ2n) is 6.99. The smallest absolute Gasteiger partial charge is 0.0475 e. The molecule has 1 unspecified atom stereocenters. The van der Waals surface area contributed by atoms with Crippen molar-refractivity contribution in [2.45, 2.75) is 52.0 Å². The van der Waals surface area contributed by atoms with E-state index in [2.05, 4.69) is 63.3 Å². The molecule has 1 aromatic carbocycles. The minimum atomic E-state index is 0.188. The van der Waals surface area contributed by atoms with Crippen LogP contribution in [0.1, 0.15) is 46.1 Å². The summed E-state index contributed by atoms with van der Waals surface area (Å²) in [6.45, 7) is 12.0. The van der Waals surface area contributed by atoms with Crippen LogP contribution in [0.5, 0.6) is 0 Å². The van der Waals surface area contributed by atoms with Gasteiger partial charge < -0.3 is 10.1 Å². The van der Waals surface area contributed by atoms with Gasteiger partial charge in [-0.3, -0.25) is 0 Å². The van der Waals surface area contributed by atoms with Crippen LogP contribution in [-0.4, -0.2) is 25.8 Å². The summed E-state index contributed by atoms with van der Waals surface area (Å²) in [5, 5.41) is 3.78. The molecule has 2 heteroatoms. The Labute approximate surface area is 123 Å². The van der Waals surface area contributed by atoms with Crippen LogP contribution >= 0.6 is 0 Å². The molecule has 112 valence electrons. The summed E-state index contributed by atoms with van der Waals surface area (Å²) in [5.41, 5.74) is 1.88. The number of rotatable bonds is 4. The third kappa shape index (κ3) is 3.07. The molecule has 20 heavy (non-hydrogen) atoms. The molecule has 0 bridgehead atoms. The van der Waals surface area contributed by atoms with E-state index in [-0.39, 0.29) is 10.8 Å². The zero-order valence-corrected chi connectivity index (χ0v) is 13.4. The zero-order valence-electron chi connectivity index (χ0n) is 13.4. The minimum Gasteiger partial charge on any atom is -0.381 e. The zero-order chi connectivity index (χ0) is 14.6. The van der Waals surface area contributed by atoms with E-state index in [1.165, 1.54) is 5.56 Å². The van der Waals surface area contributed by atoms with Crippen molar-refractivity contribution in [3.8, 4) is 0 Å². The molecule has 1 aliphatic rings. The predicted octanol–water partition coefficient (Wildman–Crippen LogP) is 3.76. The Morgan fingerprint density at radius 1 is 1.15 bits per heavy atom. The first-order chi connectivity index (χ1) is 9.50. The van der Waals surface area contributed by atoms with Crippen LogP contribution in [-0.2, 0) is 10.2 Å². The van der Waals surface area contributed by atoms with Crippen LogP contribution in [0.4, 0.5) is 0 Å². The highest BCUT2D eigenvalue weighted by atomic mass is 16.5. The first-order valence-electron chi connectivity index (χ1n) is 7.87. The number of ether oxygens (including phenoxy) is 1. The van der Waals surface area contributed by atoms with Crippen LogP contribution in [0.15, 0.2) is 30.3 Å². The van der Waals surface area contributed by atoms with Crippen molar-refractivity contribution in [2.75, 3.05) is 19.8 Å². The van der Waals surface area contributed by atoms with Gasteiger partial charge in [-0.1, -0.05) is 58.0 Å². The number of nitrogens with one attached hydrogen (secondary N) is 1. The molecule has 0 aliphatic carbocycles. The largest absolute Gasteiger partial charge is 0.381 e. The van der Waals surface area contributed by atoms with Crippen molar-refractivity contribution in [1.82, 2.24) is 5.32 Å². The topological polar surface area (TPSA) is 21.3 Å². The average Bonchev–Trinajstić information content (AvgIpc) is 2.45. The van der Waals surface area contributed by atoms with Crippen molar-refractivity contribution >= 4 is 0 Å². The molecule has 1 saturated heterocycles. The third-order valence-electron chi connectivity index (χ3n) is 4.56. The quantitative estimate of drug-likeness (QED) is 0.903. The lowest BCUT2D eigenvalue weighted by Crippen LogP contribution is -2.57. The number of benzene rings is 1. The monoisotopic (exact) mass is 275 g/mol. The summed E-state index contributed by atoms with van der Waals surface area (Å²) in [5.74, 6) is 0. The van der Waals surface area contributed by atoms with E-state index in [0.29, 0.717) is 6.04 Å². The molecule has 0 spiro atoms. The van der Waals surface area contributed by atoms with Crippen molar-refractivity contribution in [1.29, 1.82) is 0 Å². The SMILES string of the molecule is CCNC(C(C)(C)C)C1(c2ccccc2)CCOCC1. The van der Waals surface area contributed by atoms with Gasteiger partial charge in [-0.05, 0) is 30.4 Å². The first-order valence-corrected chi connectivity index (χ1v) is 7.87. The Bertz CT molecular complexity index is 401. The fourth-order valence-electron chi connectivity index (χ4n) is 3.78. The lowest BCUT2D eigenvalue weighted by atomic mass is 9.61. The van der Waals surface area contributed by atoms with Gasteiger partial charge in [0.2, 0.25) is 0 Å². The molecule has 0 aromatic heterocycles. The average molecular weight is 275 g/mol. The maximum Gasteiger partial charge on any atom is 0.0475 e. The maximum atomic E-state index is 5.66. The van der Waals surface area contributed by atoms with Gasteiger partial charge in [-0.15, -0.1) is 0 Å². The molecule has 1 N–H and O–H groups in total. The van der Waals surface area contributed by atoms with Gasteiger partial charge >= 0.3 is 0 Å². The summed E-state index contributed by atoms with van der Waals surface area (Å²) in [4.78, 5) is 0. The summed E-state index contributed by atoms with van der Waals surface area (Å²) in [6.07, 6.45) is 2.21. The standard InChI is InChI=1S/C18H29NO/c1-5-19-16(17(2,3)4)18(11-13-20-14-12-18)15-9-7-6-8-10-15/h6-10,16,19H,5,11-14H2,1-4H3. The number of hydrogen-bond acceptors (Lipinski definition) is 2. The number of likely N-dealkylation sites (N-methyl/N-ethyl adjacent to an activating group) is 1. The lowest BCUT2D eigenvalue weighted by molar-refractivity contribution is 0.0133. The second kappa shape index (κ2) is 6.28. The van der Waals surface area contributed by atoms with Crippen molar-refractivity contribution < 1.29 is 4.74 Å².